The maximum absolute atomic E-state index is 12.2. The summed E-state index contributed by atoms with van der Waals surface area (Å²) in [7, 11) is 0. The molecular formula is C19H22BrN3O3. The molecule has 3 rings (SSSR count). The summed E-state index contributed by atoms with van der Waals surface area (Å²) in [5.41, 5.74) is 1.19. The number of nitrogens with one attached hydrogen (secondary N) is 2. The molecule has 2 heterocycles. The standard InChI is InChI=1S/C19H22BrN3O3/c20-17-9-8-16(26-17)19(25)22-13-18(24)21-12-15(23-10-4-5-11-23)14-6-2-1-3-7-14/h1-3,6-9,15H,4-5,10-13H2,(H,21,24)(H,22,25)/t15-/m1/s1. The van der Waals surface area contributed by atoms with Crippen LogP contribution in [0.2, 0.25) is 0 Å². The number of rotatable bonds is 7. The van der Waals surface area contributed by atoms with Gasteiger partial charge in [0.15, 0.2) is 10.4 Å². The lowest BCUT2D eigenvalue weighted by molar-refractivity contribution is -0.120. The van der Waals surface area contributed by atoms with Crippen molar-refractivity contribution in [2.75, 3.05) is 26.2 Å². The summed E-state index contributed by atoms with van der Waals surface area (Å²) in [4.78, 5) is 26.5. The third-order valence-corrected chi connectivity index (χ3v) is 4.89. The lowest BCUT2D eigenvalue weighted by atomic mass is 10.1. The van der Waals surface area contributed by atoms with Gasteiger partial charge < -0.3 is 15.1 Å². The van der Waals surface area contributed by atoms with E-state index in [0.717, 1.165) is 13.1 Å². The molecule has 0 unspecified atom stereocenters. The van der Waals surface area contributed by atoms with Crippen LogP contribution in [0.25, 0.3) is 0 Å². The van der Waals surface area contributed by atoms with E-state index in [4.69, 9.17) is 4.42 Å². The molecule has 1 saturated heterocycles. The van der Waals surface area contributed by atoms with Gasteiger partial charge in [-0.1, -0.05) is 30.3 Å². The molecule has 1 aliphatic rings. The summed E-state index contributed by atoms with van der Waals surface area (Å²) < 4.78 is 5.64. The first-order valence-electron chi connectivity index (χ1n) is 8.73. The van der Waals surface area contributed by atoms with Crippen molar-refractivity contribution in [1.29, 1.82) is 0 Å². The van der Waals surface area contributed by atoms with Crippen LogP contribution in [-0.2, 0) is 4.79 Å². The molecule has 138 valence electrons. The van der Waals surface area contributed by atoms with Gasteiger partial charge in [0.2, 0.25) is 5.91 Å². The zero-order valence-corrected chi connectivity index (χ0v) is 16.0. The molecule has 0 aliphatic carbocycles. The number of hydrogen-bond acceptors (Lipinski definition) is 4. The van der Waals surface area contributed by atoms with Gasteiger partial charge in [-0.25, -0.2) is 0 Å². The molecule has 1 aromatic carbocycles. The number of carbonyl (C=O) groups excluding carboxylic acids is 2. The molecule has 0 radical (unpaired) electrons. The summed E-state index contributed by atoms with van der Waals surface area (Å²) in [6.07, 6.45) is 2.37. The van der Waals surface area contributed by atoms with E-state index in [-0.39, 0.29) is 24.3 Å². The van der Waals surface area contributed by atoms with Crippen LogP contribution in [0.3, 0.4) is 0 Å². The predicted octanol–water partition coefficient (Wildman–Crippen LogP) is 2.73. The Morgan fingerprint density at radius 2 is 1.81 bits per heavy atom. The highest BCUT2D eigenvalue weighted by Gasteiger charge is 2.23. The number of halogens is 1. The Balaban J connectivity index is 1.51. The maximum atomic E-state index is 12.2. The van der Waals surface area contributed by atoms with Crippen molar-refractivity contribution in [1.82, 2.24) is 15.5 Å². The topological polar surface area (TPSA) is 74.6 Å². The quantitative estimate of drug-likeness (QED) is 0.723. The van der Waals surface area contributed by atoms with Crippen LogP contribution in [0.1, 0.15) is 35.0 Å². The van der Waals surface area contributed by atoms with Gasteiger partial charge in [0.25, 0.3) is 5.91 Å². The minimum Gasteiger partial charge on any atom is -0.444 e. The van der Waals surface area contributed by atoms with Crippen LogP contribution in [0.5, 0.6) is 0 Å². The Kier molecular flexibility index (Phi) is 6.46. The summed E-state index contributed by atoms with van der Waals surface area (Å²) in [6.45, 7) is 2.52. The van der Waals surface area contributed by atoms with Crippen LogP contribution in [0.15, 0.2) is 51.6 Å². The first kappa shape index (κ1) is 18.7. The Morgan fingerprint density at radius 3 is 2.46 bits per heavy atom. The van der Waals surface area contributed by atoms with Crippen molar-refractivity contribution in [3.63, 3.8) is 0 Å². The smallest absolute Gasteiger partial charge is 0.287 e. The van der Waals surface area contributed by atoms with E-state index < -0.39 is 5.91 Å². The highest BCUT2D eigenvalue weighted by molar-refractivity contribution is 9.10. The SMILES string of the molecule is O=C(CNC(=O)c1ccc(Br)o1)NC[C@H](c1ccccc1)N1CCCC1. The van der Waals surface area contributed by atoms with Crippen LogP contribution >= 0.6 is 15.9 Å². The van der Waals surface area contributed by atoms with Crippen LogP contribution in [0.4, 0.5) is 0 Å². The summed E-state index contributed by atoms with van der Waals surface area (Å²) in [5.74, 6) is -0.460. The molecule has 0 saturated carbocycles. The van der Waals surface area contributed by atoms with Gasteiger partial charge in [-0.2, -0.15) is 0 Å². The van der Waals surface area contributed by atoms with E-state index in [1.807, 2.05) is 18.2 Å². The Hall–Kier alpha value is -2.12. The number of furan rings is 1. The molecule has 2 aromatic rings. The lowest BCUT2D eigenvalue weighted by Crippen LogP contribution is -2.41. The molecule has 0 bridgehead atoms. The fourth-order valence-electron chi connectivity index (χ4n) is 3.14. The number of benzene rings is 1. The molecule has 26 heavy (non-hydrogen) atoms. The van der Waals surface area contributed by atoms with Gasteiger partial charge in [-0.15, -0.1) is 0 Å². The first-order chi connectivity index (χ1) is 12.6. The van der Waals surface area contributed by atoms with E-state index in [0.29, 0.717) is 11.2 Å². The van der Waals surface area contributed by atoms with E-state index in [1.165, 1.54) is 18.4 Å². The van der Waals surface area contributed by atoms with Gasteiger partial charge in [0.1, 0.15) is 0 Å². The average Bonchev–Trinajstić information content (AvgIpc) is 3.33. The normalized spacial score (nSPS) is 15.6. The highest BCUT2D eigenvalue weighted by Crippen LogP contribution is 2.24. The zero-order valence-electron chi connectivity index (χ0n) is 14.4. The monoisotopic (exact) mass is 419 g/mol. The van der Waals surface area contributed by atoms with Gasteiger partial charge in [0, 0.05) is 6.54 Å². The fourth-order valence-corrected chi connectivity index (χ4v) is 3.45. The van der Waals surface area contributed by atoms with Gasteiger partial charge >= 0.3 is 0 Å². The van der Waals surface area contributed by atoms with Gasteiger partial charge in [-0.3, -0.25) is 14.5 Å². The van der Waals surface area contributed by atoms with Crippen molar-refractivity contribution < 1.29 is 14.0 Å². The van der Waals surface area contributed by atoms with Crippen molar-refractivity contribution in [2.45, 2.75) is 18.9 Å². The first-order valence-corrected chi connectivity index (χ1v) is 9.52. The van der Waals surface area contributed by atoms with Crippen LogP contribution in [0, 0.1) is 0 Å². The zero-order chi connectivity index (χ0) is 18.4. The molecular weight excluding hydrogens is 398 g/mol. The third-order valence-electron chi connectivity index (χ3n) is 4.46. The molecule has 2 amide bonds. The molecule has 1 aromatic heterocycles. The largest absolute Gasteiger partial charge is 0.444 e. The minimum absolute atomic E-state index is 0.0847. The van der Waals surface area contributed by atoms with Crippen LogP contribution < -0.4 is 10.6 Å². The molecule has 2 N–H and O–H groups in total. The molecule has 1 fully saturated rings. The number of carbonyl (C=O) groups is 2. The summed E-state index contributed by atoms with van der Waals surface area (Å²) in [6, 6.07) is 13.5. The van der Waals surface area contributed by atoms with Crippen LogP contribution in [-0.4, -0.2) is 42.9 Å². The molecule has 7 heteroatoms. The summed E-state index contributed by atoms with van der Waals surface area (Å²) >= 11 is 3.15. The van der Waals surface area contributed by atoms with E-state index in [2.05, 4.69) is 43.6 Å². The minimum atomic E-state index is -0.412. The van der Waals surface area contributed by atoms with E-state index >= 15 is 0 Å². The predicted molar refractivity (Wildman–Crippen MR) is 102 cm³/mol. The van der Waals surface area contributed by atoms with Crippen molar-refractivity contribution in [2.24, 2.45) is 0 Å². The lowest BCUT2D eigenvalue weighted by Gasteiger charge is -2.28. The second-order valence-electron chi connectivity index (χ2n) is 6.26. The van der Waals surface area contributed by atoms with E-state index in [9.17, 15) is 9.59 Å². The molecule has 0 spiro atoms. The number of hydrogen-bond donors (Lipinski definition) is 2. The van der Waals surface area contributed by atoms with Crippen molar-refractivity contribution >= 4 is 27.7 Å². The fraction of sp³-hybridized carbons (Fsp3) is 0.368. The number of nitrogens with zero attached hydrogens (tertiary/aromatic N) is 1. The Bertz CT molecular complexity index is 741. The highest BCUT2D eigenvalue weighted by atomic mass is 79.9. The van der Waals surface area contributed by atoms with Crippen molar-refractivity contribution in [3.05, 3.63) is 58.5 Å². The van der Waals surface area contributed by atoms with E-state index in [1.54, 1.807) is 12.1 Å². The second kappa shape index (κ2) is 9.00. The number of likely N-dealkylation sites (tertiary alicyclic amines) is 1. The Morgan fingerprint density at radius 1 is 1.08 bits per heavy atom. The molecule has 6 nitrogen and oxygen atoms in total. The maximum Gasteiger partial charge on any atom is 0.287 e. The molecule has 1 atom stereocenters. The summed E-state index contributed by atoms with van der Waals surface area (Å²) in [5, 5.41) is 5.50. The Labute approximate surface area is 161 Å². The van der Waals surface area contributed by atoms with Crippen molar-refractivity contribution in [3.8, 4) is 0 Å². The third kappa shape index (κ3) is 4.95. The average molecular weight is 420 g/mol. The second-order valence-corrected chi connectivity index (χ2v) is 7.04. The van der Waals surface area contributed by atoms with Gasteiger partial charge in [-0.05, 0) is 59.6 Å². The molecule has 1 aliphatic heterocycles. The van der Waals surface area contributed by atoms with Gasteiger partial charge in [0.05, 0.1) is 12.6 Å². The number of amides is 2.